The van der Waals surface area contributed by atoms with Crippen LogP contribution >= 0.6 is 23.6 Å². The zero-order valence-corrected chi connectivity index (χ0v) is 16.0. The molecule has 7 nitrogen and oxygen atoms in total. The largest absolute Gasteiger partial charge is 0.462 e. The van der Waals surface area contributed by atoms with E-state index in [2.05, 4.69) is 28.5 Å². The van der Waals surface area contributed by atoms with Crippen LogP contribution in [0.5, 0.6) is 0 Å². The lowest BCUT2D eigenvalue weighted by atomic mass is 10.0. The average Bonchev–Trinajstić information content (AvgIpc) is 3.13. The molecule has 2 rings (SSSR count). The van der Waals surface area contributed by atoms with Gasteiger partial charge in [-0.3, -0.25) is 5.43 Å². The van der Waals surface area contributed by atoms with Crippen LogP contribution in [-0.2, 0) is 11.2 Å². The van der Waals surface area contributed by atoms with Gasteiger partial charge in [0.05, 0.1) is 25.5 Å². The number of ether oxygens (including phenoxy) is 1. The number of carbonyl (C=O) groups is 1. The van der Waals surface area contributed by atoms with E-state index in [0.29, 0.717) is 30.6 Å². The Bertz CT molecular complexity index is 585. The third-order valence-electron chi connectivity index (χ3n) is 3.62. The van der Waals surface area contributed by atoms with Crippen molar-refractivity contribution in [1.29, 1.82) is 0 Å². The summed E-state index contributed by atoms with van der Waals surface area (Å²) in [5.74, 6) is -0.289. The molecular weight excluding hydrogens is 346 g/mol. The number of aryl methyl sites for hydroxylation is 1. The number of esters is 1. The predicted octanol–water partition coefficient (Wildman–Crippen LogP) is 2.10. The Kier molecular flexibility index (Phi) is 7.38. The quantitative estimate of drug-likeness (QED) is 0.429. The second-order valence-electron chi connectivity index (χ2n) is 5.44. The van der Waals surface area contributed by atoms with Gasteiger partial charge in [0.2, 0.25) is 0 Å². The molecular formula is C15H25N5O2S2. The summed E-state index contributed by atoms with van der Waals surface area (Å²) in [5, 5.41) is 6.24. The molecule has 0 aromatic carbocycles. The van der Waals surface area contributed by atoms with Gasteiger partial charge in [0.15, 0.2) is 5.11 Å². The number of nitrogens with zero attached hydrogens (tertiary/aromatic N) is 1. The first-order valence-corrected chi connectivity index (χ1v) is 9.36. The molecule has 1 fully saturated rings. The number of hydrogen-bond donors (Lipinski definition) is 4. The zero-order chi connectivity index (χ0) is 17.5. The molecule has 0 spiro atoms. The van der Waals surface area contributed by atoms with Gasteiger partial charge in [-0.15, -0.1) is 11.3 Å². The van der Waals surface area contributed by atoms with Gasteiger partial charge in [-0.2, -0.15) is 5.01 Å². The van der Waals surface area contributed by atoms with Crippen LogP contribution in [0.1, 0.15) is 47.5 Å². The van der Waals surface area contributed by atoms with Crippen LogP contribution in [0.15, 0.2) is 0 Å². The fourth-order valence-electron chi connectivity index (χ4n) is 2.45. The number of hydrazine groups is 2. The van der Waals surface area contributed by atoms with Crippen molar-refractivity contribution >= 4 is 39.6 Å². The van der Waals surface area contributed by atoms with Crippen LogP contribution in [0.4, 0.5) is 5.00 Å². The highest BCUT2D eigenvalue weighted by Gasteiger charge is 2.24. The van der Waals surface area contributed by atoms with Gasteiger partial charge in [0.25, 0.3) is 0 Å². The van der Waals surface area contributed by atoms with Crippen molar-refractivity contribution in [1.82, 2.24) is 21.3 Å². The molecule has 0 aliphatic carbocycles. The lowest BCUT2D eigenvalue weighted by Crippen LogP contribution is -2.43. The summed E-state index contributed by atoms with van der Waals surface area (Å²) in [6.07, 6.45) is 2.99. The molecule has 2 heterocycles. The number of unbranched alkanes of at least 4 members (excludes halogenated alkanes) is 1. The summed E-state index contributed by atoms with van der Waals surface area (Å²) in [7, 11) is 0. The average molecular weight is 372 g/mol. The Morgan fingerprint density at radius 1 is 1.38 bits per heavy atom. The second kappa shape index (κ2) is 9.28. The normalized spacial score (nSPS) is 14.6. The Morgan fingerprint density at radius 2 is 2.08 bits per heavy atom. The molecule has 0 unspecified atom stereocenters. The Labute approximate surface area is 152 Å². The van der Waals surface area contributed by atoms with Crippen LogP contribution in [-0.4, -0.2) is 36.0 Å². The maximum Gasteiger partial charge on any atom is 0.341 e. The van der Waals surface area contributed by atoms with Gasteiger partial charge in [0.1, 0.15) is 5.00 Å². The molecule has 134 valence electrons. The monoisotopic (exact) mass is 371 g/mol. The lowest BCUT2D eigenvalue weighted by molar-refractivity contribution is 0.0527. The summed E-state index contributed by atoms with van der Waals surface area (Å²) >= 11 is 6.90. The summed E-state index contributed by atoms with van der Waals surface area (Å²) < 4.78 is 5.25. The number of anilines is 1. The number of hydrogen-bond acceptors (Lipinski definition) is 7. The maximum absolute atomic E-state index is 12.4. The first-order chi connectivity index (χ1) is 11.6. The molecule has 1 aliphatic rings. The third kappa shape index (κ3) is 4.87. The molecule has 24 heavy (non-hydrogen) atoms. The number of nitrogens with one attached hydrogen (secondary N) is 4. The molecule has 4 N–H and O–H groups in total. The molecule has 0 saturated carbocycles. The van der Waals surface area contributed by atoms with Gasteiger partial charge in [-0.05, 0) is 44.5 Å². The first kappa shape index (κ1) is 19.1. The van der Waals surface area contributed by atoms with Crippen LogP contribution in [0.2, 0.25) is 0 Å². The van der Waals surface area contributed by atoms with E-state index in [4.69, 9.17) is 17.0 Å². The van der Waals surface area contributed by atoms with Gasteiger partial charge in [-0.1, -0.05) is 13.3 Å². The number of carbonyl (C=O) groups excluding carboxylic acids is 1. The SMILES string of the molecule is CCCCc1c(C)sc(NC(=S)NN2CNNC2)c1C(=O)OCC. The first-order valence-electron chi connectivity index (χ1n) is 8.14. The second-order valence-corrected chi connectivity index (χ2v) is 7.07. The topological polar surface area (TPSA) is 77.7 Å². The van der Waals surface area contributed by atoms with E-state index in [9.17, 15) is 4.79 Å². The molecule has 0 atom stereocenters. The minimum Gasteiger partial charge on any atom is -0.462 e. The highest BCUT2D eigenvalue weighted by atomic mass is 32.1. The van der Waals surface area contributed by atoms with Crippen LogP contribution in [0, 0.1) is 6.92 Å². The predicted molar refractivity (Wildman–Crippen MR) is 101 cm³/mol. The summed E-state index contributed by atoms with van der Waals surface area (Å²) in [4.78, 5) is 13.6. The van der Waals surface area contributed by atoms with Crippen molar-refractivity contribution in [3.63, 3.8) is 0 Å². The van der Waals surface area contributed by atoms with Crippen molar-refractivity contribution in [2.24, 2.45) is 0 Å². The van der Waals surface area contributed by atoms with E-state index < -0.39 is 0 Å². The molecule has 1 aromatic rings. The molecule has 1 saturated heterocycles. The van der Waals surface area contributed by atoms with Crippen LogP contribution in [0.3, 0.4) is 0 Å². The van der Waals surface area contributed by atoms with Crippen molar-refractivity contribution in [3.05, 3.63) is 16.0 Å². The van der Waals surface area contributed by atoms with E-state index in [-0.39, 0.29) is 5.97 Å². The lowest BCUT2D eigenvalue weighted by Gasteiger charge is -2.17. The highest BCUT2D eigenvalue weighted by Crippen LogP contribution is 2.34. The van der Waals surface area contributed by atoms with E-state index in [1.54, 1.807) is 11.3 Å². The minimum atomic E-state index is -0.289. The van der Waals surface area contributed by atoms with Gasteiger partial charge >= 0.3 is 5.97 Å². The zero-order valence-electron chi connectivity index (χ0n) is 14.3. The van der Waals surface area contributed by atoms with E-state index in [0.717, 1.165) is 34.7 Å². The smallest absolute Gasteiger partial charge is 0.341 e. The Morgan fingerprint density at radius 3 is 2.71 bits per heavy atom. The van der Waals surface area contributed by atoms with Gasteiger partial charge < -0.3 is 10.1 Å². The van der Waals surface area contributed by atoms with Gasteiger partial charge in [-0.25, -0.2) is 15.6 Å². The Balaban J connectivity index is 2.17. The maximum atomic E-state index is 12.4. The van der Waals surface area contributed by atoms with Crippen LogP contribution in [0.25, 0.3) is 0 Å². The molecule has 0 bridgehead atoms. The number of thiophene rings is 1. The number of thiocarbonyl (C=S) groups is 1. The molecule has 0 radical (unpaired) electrons. The summed E-state index contributed by atoms with van der Waals surface area (Å²) in [6, 6.07) is 0. The van der Waals surface area contributed by atoms with Crippen molar-refractivity contribution in [3.8, 4) is 0 Å². The molecule has 9 heteroatoms. The van der Waals surface area contributed by atoms with Crippen LogP contribution < -0.4 is 21.6 Å². The highest BCUT2D eigenvalue weighted by molar-refractivity contribution is 7.80. The fourth-order valence-corrected chi connectivity index (χ4v) is 3.84. The molecule has 0 amide bonds. The minimum absolute atomic E-state index is 0.289. The van der Waals surface area contributed by atoms with Crippen molar-refractivity contribution < 1.29 is 9.53 Å². The molecule has 1 aliphatic heterocycles. The van der Waals surface area contributed by atoms with Crippen molar-refractivity contribution in [2.75, 3.05) is 25.3 Å². The fraction of sp³-hybridized carbons (Fsp3) is 0.600. The van der Waals surface area contributed by atoms with E-state index in [1.807, 2.05) is 18.9 Å². The summed E-state index contributed by atoms with van der Waals surface area (Å²) in [5.41, 5.74) is 10.7. The number of rotatable bonds is 7. The molecule has 1 aromatic heterocycles. The summed E-state index contributed by atoms with van der Waals surface area (Å²) in [6.45, 7) is 7.62. The van der Waals surface area contributed by atoms with Gasteiger partial charge in [0, 0.05) is 4.88 Å². The Hall–Kier alpha value is -1.26. The van der Waals surface area contributed by atoms with Crippen molar-refractivity contribution in [2.45, 2.75) is 40.0 Å². The van der Waals surface area contributed by atoms with E-state index in [1.165, 1.54) is 0 Å². The third-order valence-corrected chi connectivity index (χ3v) is 4.88. The standard InChI is InChI=1S/C15H25N5O2S2/c1-4-6-7-11-10(3)24-13(12(11)14(21)22-5-2)18-15(23)19-20-8-16-17-9-20/h16-17H,4-9H2,1-3H3,(H2,18,19,23). The van der Waals surface area contributed by atoms with E-state index >= 15 is 0 Å².